The van der Waals surface area contributed by atoms with Gasteiger partial charge in [0.2, 0.25) is 15.9 Å². The first-order valence-corrected chi connectivity index (χ1v) is 15.1. The number of oxazole rings is 1. The summed E-state index contributed by atoms with van der Waals surface area (Å²) >= 11 is 1.23. The number of halogens is 1. The van der Waals surface area contributed by atoms with Crippen molar-refractivity contribution in [2.45, 2.75) is 6.92 Å². The number of nitrogens with zero attached hydrogens (tertiary/aromatic N) is 3. The first-order valence-electron chi connectivity index (χ1n) is 12.4. The van der Waals surface area contributed by atoms with Crippen LogP contribution in [0.3, 0.4) is 0 Å². The largest absolute Gasteiger partial charge is 0.455 e. The highest BCUT2D eigenvalue weighted by molar-refractivity contribution is 7.92. The summed E-state index contributed by atoms with van der Waals surface area (Å²) in [6.07, 6.45) is 1.09. The van der Waals surface area contributed by atoms with Crippen LogP contribution < -0.4 is 9.62 Å². The molecule has 208 valence electrons. The zero-order chi connectivity index (χ0) is 29.1. The van der Waals surface area contributed by atoms with Gasteiger partial charge in [-0.05, 0) is 25.1 Å². The van der Waals surface area contributed by atoms with Gasteiger partial charge in [-0.15, -0.1) is 11.3 Å². The molecule has 3 aromatic heterocycles. The Morgan fingerprint density at radius 3 is 2.49 bits per heavy atom. The summed E-state index contributed by atoms with van der Waals surface area (Å²) in [7, 11) is -0.724. The van der Waals surface area contributed by atoms with Crippen molar-refractivity contribution in [3.8, 4) is 33.5 Å². The number of sulfonamides is 1. The Balaban J connectivity index is 1.58. The van der Waals surface area contributed by atoms with Crippen LogP contribution in [0.15, 0.2) is 68.8 Å². The second kappa shape index (κ2) is 9.82. The average molecular weight is 591 g/mol. The molecule has 0 aliphatic rings. The molecule has 6 rings (SSSR count). The molecule has 12 heteroatoms. The van der Waals surface area contributed by atoms with Crippen LogP contribution in [0.2, 0.25) is 0 Å². The van der Waals surface area contributed by atoms with Crippen molar-refractivity contribution in [1.29, 1.82) is 0 Å². The average Bonchev–Trinajstić information content (AvgIpc) is 3.68. The van der Waals surface area contributed by atoms with Crippen molar-refractivity contribution in [3.63, 3.8) is 0 Å². The number of para-hydroxylation sites is 1. The van der Waals surface area contributed by atoms with Gasteiger partial charge in [-0.1, -0.05) is 35.9 Å². The summed E-state index contributed by atoms with van der Waals surface area (Å²) in [5.74, 6) is -0.384. The maximum atomic E-state index is 14.2. The van der Waals surface area contributed by atoms with Crippen LogP contribution in [0.1, 0.15) is 15.9 Å². The van der Waals surface area contributed by atoms with Gasteiger partial charge in [0.1, 0.15) is 27.6 Å². The lowest BCUT2D eigenvalue weighted by Gasteiger charge is -2.19. The van der Waals surface area contributed by atoms with Crippen LogP contribution in [0, 0.1) is 12.7 Å². The predicted octanol–water partition coefficient (Wildman–Crippen LogP) is 6.23. The topological polar surface area (TPSA) is 119 Å². The van der Waals surface area contributed by atoms with Crippen molar-refractivity contribution in [2.75, 3.05) is 24.7 Å². The summed E-state index contributed by atoms with van der Waals surface area (Å²) in [6.45, 7) is 1.96. The summed E-state index contributed by atoms with van der Waals surface area (Å²) in [5, 5.41) is 5.30. The molecule has 0 aliphatic heterocycles. The Hall–Kier alpha value is -4.55. The number of rotatable bonds is 6. The number of thiazole rings is 1. The number of anilines is 1. The van der Waals surface area contributed by atoms with E-state index in [0.717, 1.165) is 16.1 Å². The molecule has 0 radical (unpaired) electrons. The highest BCUT2D eigenvalue weighted by atomic mass is 32.2. The van der Waals surface area contributed by atoms with E-state index in [1.54, 1.807) is 23.6 Å². The van der Waals surface area contributed by atoms with Crippen molar-refractivity contribution in [2.24, 2.45) is 0 Å². The molecule has 0 fully saturated rings. The quantitative estimate of drug-likeness (QED) is 0.244. The fourth-order valence-electron chi connectivity index (χ4n) is 4.52. The number of carbonyl (C=O) groups is 1. The van der Waals surface area contributed by atoms with Crippen LogP contribution in [0.25, 0.3) is 55.5 Å². The number of amides is 1. The highest BCUT2D eigenvalue weighted by Crippen LogP contribution is 2.42. The van der Waals surface area contributed by atoms with E-state index in [4.69, 9.17) is 8.83 Å². The lowest BCUT2D eigenvalue weighted by molar-refractivity contribution is 0.0964. The summed E-state index contributed by atoms with van der Waals surface area (Å²) in [6, 6.07) is 15.3. The van der Waals surface area contributed by atoms with Crippen molar-refractivity contribution < 1.29 is 26.4 Å². The van der Waals surface area contributed by atoms with Crippen LogP contribution in [-0.2, 0) is 10.0 Å². The normalized spacial score (nSPS) is 11.8. The standard InChI is InChI=1S/C29H23FN4O5S2/c1-15-8-10-16(11-9-15)26-24(27(35)31-2)18-12-17(21(13-23(18)38-26)34(3)41(4,36)37)29-32-20(14-40-29)28-33-25-19(30)6-5-7-22(25)39-28/h5-14H,1-4H3,(H,31,35). The van der Waals surface area contributed by atoms with Gasteiger partial charge < -0.3 is 14.2 Å². The van der Waals surface area contributed by atoms with Crippen LogP contribution in [0.5, 0.6) is 0 Å². The Labute approximate surface area is 238 Å². The van der Waals surface area contributed by atoms with Gasteiger partial charge in [0.15, 0.2) is 11.4 Å². The number of nitrogens with one attached hydrogen (secondary N) is 1. The van der Waals surface area contributed by atoms with E-state index in [9.17, 15) is 17.6 Å². The number of fused-ring (bicyclic) bond motifs is 2. The first-order chi connectivity index (χ1) is 19.5. The molecule has 1 N–H and O–H groups in total. The molecule has 0 saturated carbocycles. The minimum atomic E-state index is -3.69. The zero-order valence-electron chi connectivity index (χ0n) is 22.4. The maximum absolute atomic E-state index is 14.2. The monoisotopic (exact) mass is 590 g/mol. The van der Waals surface area contributed by atoms with E-state index >= 15 is 0 Å². The Morgan fingerprint density at radius 2 is 1.80 bits per heavy atom. The minimum absolute atomic E-state index is 0.0909. The van der Waals surface area contributed by atoms with Crippen molar-refractivity contribution in [3.05, 3.63) is 76.9 Å². The SMILES string of the molecule is CNC(=O)c1c(-c2ccc(C)cc2)oc2cc(N(C)S(C)(=O)=O)c(-c3nc(-c4nc5c(F)cccc5o4)cs3)cc12. The molecule has 3 aromatic carbocycles. The molecule has 9 nitrogen and oxygen atoms in total. The van der Waals surface area contributed by atoms with Gasteiger partial charge in [0.25, 0.3) is 5.91 Å². The molecule has 41 heavy (non-hydrogen) atoms. The van der Waals surface area contributed by atoms with Crippen LogP contribution in [-0.4, -0.2) is 44.6 Å². The number of carbonyl (C=O) groups excluding carboxylic acids is 1. The van der Waals surface area contributed by atoms with E-state index in [2.05, 4.69) is 15.3 Å². The summed E-state index contributed by atoms with van der Waals surface area (Å²) in [5.41, 5.74) is 3.87. The number of benzene rings is 3. The fourth-order valence-corrected chi connectivity index (χ4v) is 5.85. The number of aromatic nitrogens is 2. The minimum Gasteiger partial charge on any atom is -0.455 e. The van der Waals surface area contributed by atoms with E-state index in [-0.39, 0.29) is 22.9 Å². The van der Waals surface area contributed by atoms with Gasteiger partial charge in [-0.2, -0.15) is 0 Å². The zero-order valence-corrected chi connectivity index (χ0v) is 24.0. The van der Waals surface area contributed by atoms with Gasteiger partial charge in [-0.25, -0.2) is 22.8 Å². The van der Waals surface area contributed by atoms with Gasteiger partial charge in [0.05, 0.1) is 17.5 Å². The second-order valence-corrected chi connectivity index (χ2v) is 12.4. The Bertz CT molecular complexity index is 2080. The van der Waals surface area contributed by atoms with Gasteiger partial charge in [-0.3, -0.25) is 9.10 Å². The van der Waals surface area contributed by atoms with E-state index in [1.165, 1.54) is 37.6 Å². The van der Waals surface area contributed by atoms with E-state index in [1.807, 2.05) is 31.2 Å². The first kappa shape index (κ1) is 26.7. The molecule has 0 saturated heterocycles. The molecular weight excluding hydrogens is 567 g/mol. The Kier molecular flexibility index (Phi) is 6.39. The third-order valence-corrected chi connectivity index (χ3v) is 8.80. The smallest absolute Gasteiger partial charge is 0.255 e. The second-order valence-electron chi connectivity index (χ2n) is 9.49. The number of hydrogen-bond acceptors (Lipinski definition) is 8. The Morgan fingerprint density at radius 1 is 1.05 bits per heavy atom. The molecule has 6 aromatic rings. The highest BCUT2D eigenvalue weighted by Gasteiger charge is 2.27. The summed E-state index contributed by atoms with van der Waals surface area (Å²) < 4.78 is 52.6. The molecular formula is C29H23FN4O5S2. The van der Waals surface area contributed by atoms with Gasteiger partial charge in [0, 0.05) is 42.1 Å². The summed E-state index contributed by atoms with van der Waals surface area (Å²) in [4.78, 5) is 22.1. The lowest BCUT2D eigenvalue weighted by Crippen LogP contribution is -2.25. The molecule has 0 bridgehead atoms. The third kappa shape index (κ3) is 4.64. The lowest BCUT2D eigenvalue weighted by atomic mass is 10.0. The van der Waals surface area contributed by atoms with Crippen molar-refractivity contribution in [1.82, 2.24) is 15.3 Å². The molecule has 0 aliphatic carbocycles. The van der Waals surface area contributed by atoms with E-state index in [0.29, 0.717) is 49.8 Å². The van der Waals surface area contributed by atoms with Crippen LogP contribution in [0.4, 0.5) is 10.1 Å². The number of hydrogen-bond donors (Lipinski definition) is 1. The molecule has 0 atom stereocenters. The van der Waals surface area contributed by atoms with E-state index < -0.39 is 15.8 Å². The van der Waals surface area contributed by atoms with Crippen molar-refractivity contribution >= 4 is 55.0 Å². The fraction of sp³-hybridized carbons (Fsp3) is 0.138. The van der Waals surface area contributed by atoms with Gasteiger partial charge >= 0.3 is 0 Å². The third-order valence-electron chi connectivity index (χ3n) is 6.73. The molecule has 3 heterocycles. The molecule has 0 spiro atoms. The molecule has 1 amide bonds. The number of aryl methyl sites for hydroxylation is 1. The van der Waals surface area contributed by atoms with Crippen LogP contribution >= 0.6 is 11.3 Å². The predicted molar refractivity (Wildman–Crippen MR) is 157 cm³/mol. The maximum Gasteiger partial charge on any atom is 0.255 e. The molecule has 0 unspecified atom stereocenters. The number of furan rings is 1.